The Morgan fingerprint density at radius 3 is 1.49 bits per heavy atom. The van der Waals surface area contributed by atoms with Gasteiger partial charge in [-0.15, -0.1) is 0 Å². The van der Waals surface area contributed by atoms with E-state index < -0.39 is 0 Å². The van der Waals surface area contributed by atoms with Crippen molar-refractivity contribution in [3.8, 4) is 33.4 Å². The van der Waals surface area contributed by atoms with Crippen molar-refractivity contribution in [1.82, 2.24) is 0 Å². The summed E-state index contributed by atoms with van der Waals surface area (Å²) in [4.78, 5) is 0. The molecule has 0 aliphatic heterocycles. The molecule has 1 heterocycles. The molecule has 0 atom stereocenters. The van der Waals surface area contributed by atoms with Gasteiger partial charge in [-0.2, -0.15) is 0 Å². The Labute approximate surface area is 271 Å². The van der Waals surface area contributed by atoms with Crippen LogP contribution in [0.5, 0.6) is 0 Å². The Kier molecular flexibility index (Phi) is 5.64. The van der Waals surface area contributed by atoms with E-state index in [0.717, 1.165) is 27.3 Å². The summed E-state index contributed by atoms with van der Waals surface area (Å²) in [6.07, 6.45) is 0. The number of furan rings is 1. The topological polar surface area (TPSA) is 13.1 Å². The summed E-state index contributed by atoms with van der Waals surface area (Å²) in [5.41, 5.74) is 9.23. The fourth-order valence-corrected chi connectivity index (χ4v) is 7.81. The predicted octanol–water partition coefficient (Wildman–Crippen LogP) is 13.2. The Balaban J connectivity index is 1.30. The van der Waals surface area contributed by atoms with Gasteiger partial charge in [0, 0.05) is 21.7 Å². The minimum Gasteiger partial charge on any atom is -0.455 e. The highest BCUT2D eigenvalue weighted by Crippen LogP contribution is 2.47. The summed E-state index contributed by atoms with van der Waals surface area (Å²) in [6, 6.07) is 61.5. The second-order valence-electron chi connectivity index (χ2n) is 12.4. The normalized spacial score (nSPS) is 11.8. The molecule has 0 spiro atoms. The van der Waals surface area contributed by atoms with Crippen molar-refractivity contribution in [1.29, 1.82) is 0 Å². The van der Waals surface area contributed by atoms with Crippen LogP contribution in [0.15, 0.2) is 174 Å². The number of rotatable bonds is 3. The van der Waals surface area contributed by atoms with E-state index in [1.165, 1.54) is 71.1 Å². The molecule has 0 amide bonds. The standard InChI is InChI=1S/C46H28O/c1-2-14-30(15-3-1)42-36-21-8-10-23-38(36)43(39-24-11-9-22-37(39)42)32-17-12-18-33(27-32)44-34-19-6-5-16-31(34)28-41-45(44)40-26-25-29-13-4-7-20-35(29)46(40)47-41/h1-28H. The van der Waals surface area contributed by atoms with Crippen LogP contribution < -0.4 is 0 Å². The van der Waals surface area contributed by atoms with Crippen LogP contribution in [0.2, 0.25) is 0 Å². The van der Waals surface area contributed by atoms with Crippen LogP contribution in [0.1, 0.15) is 0 Å². The molecule has 0 aliphatic rings. The SMILES string of the molecule is c1ccc(-c2c3ccccc3c(-c3cccc(-c4c5ccccc5cc5oc6c7ccccc7ccc6c45)c3)c3ccccc23)cc1. The zero-order valence-corrected chi connectivity index (χ0v) is 25.6. The highest BCUT2D eigenvalue weighted by molar-refractivity contribution is 6.25. The zero-order valence-electron chi connectivity index (χ0n) is 25.6. The lowest BCUT2D eigenvalue weighted by molar-refractivity contribution is 0.673. The van der Waals surface area contributed by atoms with Gasteiger partial charge in [-0.1, -0.05) is 152 Å². The molecule has 0 saturated heterocycles. The molecule has 0 radical (unpaired) electrons. The van der Waals surface area contributed by atoms with E-state index in [9.17, 15) is 0 Å². The van der Waals surface area contributed by atoms with E-state index in [4.69, 9.17) is 4.42 Å². The summed E-state index contributed by atoms with van der Waals surface area (Å²) in [5, 5.41) is 12.1. The molecule has 0 unspecified atom stereocenters. The molecule has 1 nitrogen and oxygen atoms in total. The molecule has 0 N–H and O–H groups in total. The third kappa shape index (κ3) is 3.90. The van der Waals surface area contributed by atoms with Crippen LogP contribution in [0.4, 0.5) is 0 Å². The number of hydrogen-bond donors (Lipinski definition) is 0. The van der Waals surface area contributed by atoms with E-state index in [1.807, 2.05) is 0 Å². The molecule has 0 fully saturated rings. The van der Waals surface area contributed by atoms with Gasteiger partial charge in [0.2, 0.25) is 0 Å². The fourth-order valence-electron chi connectivity index (χ4n) is 7.81. The van der Waals surface area contributed by atoms with Crippen LogP contribution >= 0.6 is 0 Å². The van der Waals surface area contributed by atoms with Crippen molar-refractivity contribution in [2.75, 3.05) is 0 Å². The van der Waals surface area contributed by atoms with Crippen LogP contribution in [0.25, 0.3) is 98.4 Å². The Morgan fingerprint density at radius 2 is 0.809 bits per heavy atom. The number of hydrogen-bond acceptors (Lipinski definition) is 1. The summed E-state index contributed by atoms with van der Waals surface area (Å²) in [5.74, 6) is 0. The molecule has 10 rings (SSSR count). The maximum atomic E-state index is 6.72. The first-order chi connectivity index (χ1) is 23.3. The molecule has 47 heavy (non-hydrogen) atoms. The van der Waals surface area contributed by atoms with Crippen LogP contribution in [-0.2, 0) is 0 Å². The highest BCUT2D eigenvalue weighted by atomic mass is 16.3. The lowest BCUT2D eigenvalue weighted by atomic mass is 9.85. The van der Waals surface area contributed by atoms with E-state index in [-0.39, 0.29) is 0 Å². The van der Waals surface area contributed by atoms with Crippen molar-refractivity contribution < 1.29 is 4.42 Å². The van der Waals surface area contributed by atoms with Gasteiger partial charge in [-0.3, -0.25) is 0 Å². The van der Waals surface area contributed by atoms with Crippen molar-refractivity contribution >= 4 is 65.0 Å². The summed E-state index contributed by atoms with van der Waals surface area (Å²) >= 11 is 0. The maximum Gasteiger partial charge on any atom is 0.143 e. The molecule has 218 valence electrons. The van der Waals surface area contributed by atoms with Gasteiger partial charge in [0.05, 0.1) is 0 Å². The Hall–Kier alpha value is -6.18. The average Bonchev–Trinajstić information content (AvgIpc) is 3.51. The average molecular weight is 597 g/mol. The van der Waals surface area contributed by atoms with E-state index >= 15 is 0 Å². The van der Waals surface area contributed by atoms with E-state index in [1.54, 1.807) is 0 Å². The van der Waals surface area contributed by atoms with Gasteiger partial charge in [0.15, 0.2) is 0 Å². The minimum absolute atomic E-state index is 0.915. The summed E-state index contributed by atoms with van der Waals surface area (Å²) in [6.45, 7) is 0. The molecule has 1 heteroatoms. The second kappa shape index (κ2) is 10.2. The van der Waals surface area contributed by atoms with Gasteiger partial charge >= 0.3 is 0 Å². The summed E-state index contributed by atoms with van der Waals surface area (Å²) in [7, 11) is 0. The smallest absolute Gasteiger partial charge is 0.143 e. The zero-order chi connectivity index (χ0) is 30.9. The first-order valence-corrected chi connectivity index (χ1v) is 16.2. The summed E-state index contributed by atoms with van der Waals surface area (Å²) < 4.78 is 6.72. The first-order valence-electron chi connectivity index (χ1n) is 16.2. The molecule has 0 aliphatic carbocycles. The largest absolute Gasteiger partial charge is 0.455 e. The van der Waals surface area contributed by atoms with Crippen molar-refractivity contribution in [3.63, 3.8) is 0 Å². The lowest BCUT2D eigenvalue weighted by Crippen LogP contribution is -1.91. The maximum absolute atomic E-state index is 6.72. The second-order valence-corrected chi connectivity index (χ2v) is 12.4. The molecule has 0 saturated carbocycles. The monoisotopic (exact) mass is 596 g/mol. The molecule has 0 bridgehead atoms. The molecular formula is C46H28O. The number of benzene rings is 9. The molecule has 1 aromatic heterocycles. The van der Waals surface area contributed by atoms with Gasteiger partial charge < -0.3 is 4.42 Å². The molecule has 9 aromatic carbocycles. The first kappa shape index (κ1) is 26.1. The fraction of sp³-hybridized carbons (Fsp3) is 0. The predicted molar refractivity (Wildman–Crippen MR) is 200 cm³/mol. The van der Waals surface area contributed by atoms with Crippen LogP contribution in [0, 0.1) is 0 Å². The molecule has 10 aromatic rings. The number of fused-ring (bicyclic) bond motifs is 8. The third-order valence-electron chi connectivity index (χ3n) is 9.81. The quantitative estimate of drug-likeness (QED) is 0.185. The van der Waals surface area contributed by atoms with Crippen LogP contribution in [0.3, 0.4) is 0 Å². The van der Waals surface area contributed by atoms with Gasteiger partial charge in [0.25, 0.3) is 0 Å². The third-order valence-corrected chi connectivity index (χ3v) is 9.81. The lowest BCUT2D eigenvalue weighted by Gasteiger charge is -2.18. The Bertz CT molecular complexity index is 2780. The van der Waals surface area contributed by atoms with Gasteiger partial charge in [-0.05, 0) is 83.7 Å². The molecular weight excluding hydrogens is 569 g/mol. The van der Waals surface area contributed by atoms with E-state index in [2.05, 4.69) is 170 Å². The minimum atomic E-state index is 0.915. The highest BCUT2D eigenvalue weighted by Gasteiger charge is 2.20. The van der Waals surface area contributed by atoms with Crippen molar-refractivity contribution in [2.24, 2.45) is 0 Å². The Morgan fingerprint density at radius 1 is 0.298 bits per heavy atom. The van der Waals surface area contributed by atoms with Crippen molar-refractivity contribution in [3.05, 3.63) is 170 Å². The van der Waals surface area contributed by atoms with E-state index in [0.29, 0.717) is 0 Å². The van der Waals surface area contributed by atoms with Gasteiger partial charge in [-0.25, -0.2) is 0 Å². The van der Waals surface area contributed by atoms with Crippen molar-refractivity contribution in [2.45, 2.75) is 0 Å². The van der Waals surface area contributed by atoms with Gasteiger partial charge in [0.1, 0.15) is 11.2 Å². The van der Waals surface area contributed by atoms with Crippen LogP contribution in [-0.4, -0.2) is 0 Å².